The van der Waals surface area contributed by atoms with E-state index in [4.69, 9.17) is 0 Å². The molecule has 16 heavy (non-hydrogen) atoms. The van der Waals surface area contributed by atoms with Gasteiger partial charge in [-0.25, -0.2) is 0 Å². The molecular formula is C15H14Se. The molecule has 2 rings (SSSR count). The van der Waals surface area contributed by atoms with E-state index < -0.39 is 0 Å². The molecule has 0 saturated heterocycles. The predicted octanol–water partition coefficient (Wildman–Crippen LogP) is 2.77. The molecule has 0 unspecified atom stereocenters. The van der Waals surface area contributed by atoms with Gasteiger partial charge < -0.3 is 0 Å². The molecule has 0 aliphatic rings. The molecule has 1 heteroatoms. The van der Waals surface area contributed by atoms with Crippen molar-refractivity contribution >= 4 is 19.4 Å². The fraction of sp³-hybridized carbons (Fsp3) is 0.0667. The summed E-state index contributed by atoms with van der Waals surface area (Å²) in [6.45, 7) is 4.17. The fourth-order valence-electron chi connectivity index (χ4n) is 1.51. The van der Waals surface area contributed by atoms with Crippen molar-refractivity contribution in [3.63, 3.8) is 0 Å². The van der Waals surface area contributed by atoms with Crippen molar-refractivity contribution in [2.45, 2.75) is 6.42 Å². The number of hydrogen-bond donors (Lipinski definition) is 0. The molecule has 0 aliphatic carbocycles. The molecule has 0 heterocycles. The Morgan fingerprint density at radius 1 is 0.875 bits per heavy atom. The van der Waals surface area contributed by atoms with Crippen molar-refractivity contribution in [1.82, 2.24) is 0 Å². The third-order valence-electron chi connectivity index (χ3n) is 2.25. The Hall–Kier alpha value is -1.30. The van der Waals surface area contributed by atoms with Gasteiger partial charge in [0.25, 0.3) is 0 Å². The van der Waals surface area contributed by atoms with Gasteiger partial charge in [-0.2, -0.15) is 0 Å². The molecule has 0 N–H and O–H groups in total. The van der Waals surface area contributed by atoms with E-state index >= 15 is 0 Å². The Balaban J connectivity index is 1.95. The van der Waals surface area contributed by atoms with Gasteiger partial charge in [0, 0.05) is 0 Å². The van der Waals surface area contributed by atoms with E-state index in [-0.39, 0.29) is 0 Å². The molecule has 0 radical (unpaired) electrons. The Bertz CT molecular complexity index is 402. The summed E-state index contributed by atoms with van der Waals surface area (Å²) >= 11 is 0.386. The molecular weight excluding hydrogens is 259 g/mol. The Morgan fingerprint density at radius 2 is 1.44 bits per heavy atom. The summed E-state index contributed by atoms with van der Waals surface area (Å²) in [7, 11) is 0. The fourth-order valence-corrected chi connectivity index (χ4v) is 3.33. The molecule has 0 bridgehead atoms. The van der Waals surface area contributed by atoms with Crippen LogP contribution in [0.15, 0.2) is 71.7 Å². The van der Waals surface area contributed by atoms with Gasteiger partial charge in [0.15, 0.2) is 0 Å². The molecule has 0 atom stereocenters. The molecule has 2 aromatic carbocycles. The van der Waals surface area contributed by atoms with Crippen LogP contribution >= 0.6 is 0 Å². The monoisotopic (exact) mass is 274 g/mol. The van der Waals surface area contributed by atoms with Crippen LogP contribution in [0.4, 0.5) is 0 Å². The molecule has 0 aliphatic heterocycles. The van der Waals surface area contributed by atoms with Gasteiger partial charge in [0.05, 0.1) is 0 Å². The summed E-state index contributed by atoms with van der Waals surface area (Å²) in [5.41, 5.74) is 1.35. The first-order chi connectivity index (χ1) is 7.84. The standard InChI is InChI=1S/C15H14Se/c1-13(12-14-8-4-2-5-9-14)16-15-10-6-3-7-11-15/h2-11H,1,12H2. The molecule has 0 saturated carbocycles. The van der Waals surface area contributed by atoms with E-state index in [1.54, 1.807) is 0 Å². The van der Waals surface area contributed by atoms with Crippen molar-refractivity contribution in [2.24, 2.45) is 0 Å². The van der Waals surface area contributed by atoms with E-state index in [1.807, 2.05) is 0 Å². The second-order valence-electron chi connectivity index (χ2n) is 3.62. The average molecular weight is 273 g/mol. The zero-order valence-electron chi connectivity index (χ0n) is 9.10. The molecule has 0 aromatic heterocycles. The summed E-state index contributed by atoms with van der Waals surface area (Å²) < 4.78 is 2.72. The Kier molecular flexibility index (Phi) is 3.98. The van der Waals surface area contributed by atoms with Crippen molar-refractivity contribution < 1.29 is 0 Å². The molecule has 0 spiro atoms. The van der Waals surface area contributed by atoms with Crippen molar-refractivity contribution in [1.29, 1.82) is 0 Å². The molecule has 0 nitrogen and oxygen atoms in total. The van der Waals surface area contributed by atoms with Crippen LogP contribution in [0, 0.1) is 0 Å². The first kappa shape index (κ1) is 11.2. The second kappa shape index (κ2) is 5.69. The zero-order chi connectivity index (χ0) is 11.2. The first-order valence-electron chi connectivity index (χ1n) is 5.29. The van der Waals surface area contributed by atoms with Crippen LogP contribution in [-0.4, -0.2) is 15.0 Å². The van der Waals surface area contributed by atoms with Gasteiger partial charge in [0.1, 0.15) is 0 Å². The predicted molar refractivity (Wildman–Crippen MR) is 71.1 cm³/mol. The molecule has 0 fully saturated rings. The van der Waals surface area contributed by atoms with Gasteiger partial charge in [-0.05, 0) is 0 Å². The summed E-state index contributed by atoms with van der Waals surface area (Å²) in [5.74, 6) is 0. The second-order valence-corrected chi connectivity index (χ2v) is 6.24. The van der Waals surface area contributed by atoms with Crippen LogP contribution in [-0.2, 0) is 6.42 Å². The zero-order valence-corrected chi connectivity index (χ0v) is 10.8. The van der Waals surface area contributed by atoms with Gasteiger partial charge in [-0.1, -0.05) is 0 Å². The quantitative estimate of drug-likeness (QED) is 0.751. The van der Waals surface area contributed by atoms with E-state index in [1.165, 1.54) is 14.5 Å². The number of benzene rings is 2. The third kappa shape index (κ3) is 3.37. The molecule has 0 amide bonds. The minimum absolute atomic E-state index is 0.386. The molecule has 80 valence electrons. The van der Waals surface area contributed by atoms with Crippen molar-refractivity contribution in [3.8, 4) is 0 Å². The van der Waals surface area contributed by atoms with Crippen LogP contribution < -0.4 is 4.46 Å². The SMILES string of the molecule is C=C(Cc1ccccc1)[Se]c1ccccc1. The van der Waals surface area contributed by atoms with Crippen LogP contribution in [0.25, 0.3) is 0 Å². The van der Waals surface area contributed by atoms with E-state index in [0.29, 0.717) is 15.0 Å². The number of hydrogen-bond acceptors (Lipinski definition) is 0. The Morgan fingerprint density at radius 3 is 2.06 bits per heavy atom. The first-order valence-corrected chi connectivity index (χ1v) is 7.00. The Labute approximate surface area is 103 Å². The minimum atomic E-state index is 0.386. The van der Waals surface area contributed by atoms with Crippen molar-refractivity contribution in [3.05, 3.63) is 77.3 Å². The maximum absolute atomic E-state index is 4.17. The van der Waals surface area contributed by atoms with Crippen LogP contribution in [0.2, 0.25) is 0 Å². The normalized spacial score (nSPS) is 10.0. The van der Waals surface area contributed by atoms with Crippen LogP contribution in [0.3, 0.4) is 0 Å². The van der Waals surface area contributed by atoms with Crippen LogP contribution in [0.1, 0.15) is 5.56 Å². The van der Waals surface area contributed by atoms with E-state index in [0.717, 1.165) is 6.42 Å². The molecule has 2 aromatic rings. The summed E-state index contributed by atoms with van der Waals surface area (Å²) in [6, 6.07) is 21.1. The van der Waals surface area contributed by atoms with Gasteiger partial charge in [-0.3, -0.25) is 0 Å². The average Bonchev–Trinajstić information content (AvgIpc) is 2.31. The summed E-state index contributed by atoms with van der Waals surface area (Å²) in [5, 5.41) is 0. The van der Waals surface area contributed by atoms with Gasteiger partial charge >= 0.3 is 103 Å². The van der Waals surface area contributed by atoms with E-state index in [2.05, 4.69) is 67.2 Å². The van der Waals surface area contributed by atoms with Gasteiger partial charge in [-0.15, -0.1) is 0 Å². The number of allylic oxidation sites excluding steroid dienone is 1. The summed E-state index contributed by atoms with van der Waals surface area (Å²) in [6.07, 6.45) is 0.996. The van der Waals surface area contributed by atoms with Gasteiger partial charge in [0.2, 0.25) is 0 Å². The topological polar surface area (TPSA) is 0 Å². The number of rotatable bonds is 4. The van der Waals surface area contributed by atoms with E-state index in [9.17, 15) is 0 Å². The maximum atomic E-state index is 4.17. The summed E-state index contributed by atoms with van der Waals surface area (Å²) in [4.78, 5) is 0. The third-order valence-corrected chi connectivity index (χ3v) is 4.22. The van der Waals surface area contributed by atoms with Crippen molar-refractivity contribution in [2.75, 3.05) is 0 Å². The van der Waals surface area contributed by atoms with Crippen LogP contribution in [0.5, 0.6) is 0 Å².